The lowest BCUT2D eigenvalue weighted by Gasteiger charge is -2.61. The monoisotopic (exact) mass is 657 g/mol. The summed E-state index contributed by atoms with van der Waals surface area (Å²) < 4.78 is 15.3. The van der Waals surface area contributed by atoms with Crippen LogP contribution in [0, 0.1) is 29.0 Å². The van der Waals surface area contributed by atoms with Crippen LogP contribution in [-0.2, 0) is 19.5 Å². The average Bonchev–Trinajstić information content (AvgIpc) is 3.05. The minimum atomic E-state index is -0.372. The van der Waals surface area contributed by atoms with Crippen LogP contribution in [0.5, 0.6) is 0 Å². The zero-order valence-electron chi connectivity index (χ0n) is 29.0. The third-order valence-electron chi connectivity index (χ3n) is 11.9. The molecule has 2 aromatic carbocycles. The summed E-state index contributed by atoms with van der Waals surface area (Å²) in [5.74, 6) is 3.29. The first kappa shape index (κ1) is 33.2. The Bertz CT molecular complexity index is 1710. The number of β-amino-alcohol motifs (C(OH)–C–C–N with tert-alkyl or cyclic N) is 1. The SMILES string of the molecule is CC1CN(C(=NC2CC3CC(C2C)C3(C)C)Nc2ccc3c(=O)n(CCc4ccc(F)cc4)c(CN4CCCC(O)C4)nc3c2)CCN1. The Hall–Kier alpha value is -3.34. The summed E-state index contributed by atoms with van der Waals surface area (Å²) in [5, 5.41) is 18.2. The number of aliphatic hydroxyl groups excluding tert-OH is 1. The fourth-order valence-corrected chi connectivity index (χ4v) is 8.86. The standard InChI is InChI=1S/C38H52FN7O2/c1-24-21-45(17-14-40-24)37(43-33-19-27-18-32(25(33)2)38(27,3)4)41-29-11-12-31-34(20-29)42-35(23-44-15-5-6-30(47)22-44)46(36(31)48)16-13-26-7-9-28(39)10-8-26/h7-12,20,24-25,27,30,32-33,40,47H,5-6,13-19,21-23H2,1-4H3,(H,41,43). The number of nitrogens with one attached hydrogen (secondary N) is 2. The summed E-state index contributed by atoms with van der Waals surface area (Å²) in [6.07, 6.45) is 4.37. The summed E-state index contributed by atoms with van der Waals surface area (Å²) >= 11 is 0. The Morgan fingerprint density at radius 3 is 2.67 bits per heavy atom. The smallest absolute Gasteiger partial charge is 0.261 e. The molecule has 3 aromatic rings. The first-order valence-corrected chi connectivity index (χ1v) is 18.1. The molecule has 2 bridgehead atoms. The largest absolute Gasteiger partial charge is 0.392 e. The summed E-state index contributed by atoms with van der Waals surface area (Å²) in [7, 11) is 0. The van der Waals surface area contributed by atoms with Gasteiger partial charge < -0.3 is 20.6 Å². The van der Waals surface area contributed by atoms with Crippen molar-refractivity contribution in [2.75, 3.05) is 38.0 Å². The summed E-state index contributed by atoms with van der Waals surface area (Å²) in [5.41, 5.74) is 2.81. The van der Waals surface area contributed by atoms with E-state index in [-0.39, 0.29) is 23.5 Å². The van der Waals surface area contributed by atoms with Crippen molar-refractivity contribution in [2.45, 2.75) is 91.1 Å². The number of guanidine groups is 1. The quantitative estimate of drug-likeness (QED) is 0.247. The normalized spacial score (nSPS) is 29.1. The molecule has 3 N–H and O–H groups in total. The molecule has 10 heteroatoms. The second-order valence-corrected chi connectivity index (χ2v) is 15.5. The van der Waals surface area contributed by atoms with Gasteiger partial charge in [0.1, 0.15) is 11.6 Å². The van der Waals surface area contributed by atoms with Gasteiger partial charge in [0.2, 0.25) is 0 Å². The highest BCUT2D eigenvalue weighted by Crippen LogP contribution is 2.61. The molecule has 5 fully saturated rings. The number of piperidine rings is 1. The number of rotatable bonds is 7. The van der Waals surface area contributed by atoms with Gasteiger partial charge in [-0.25, -0.2) is 14.4 Å². The minimum absolute atomic E-state index is 0.0797. The predicted octanol–water partition coefficient (Wildman–Crippen LogP) is 4.87. The molecule has 0 radical (unpaired) electrons. The Balaban J connectivity index is 1.20. The van der Waals surface area contributed by atoms with Crippen LogP contribution < -0.4 is 16.2 Å². The van der Waals surface area contributed by atoms with Gasteiger partial charge in [-0.2, -0.15) is 0 Å². The Morgan fingerprint density at radius 1 is 1.12 bits per heavy atom. The molecule has 6 unspecified atom stereocenters. The minimum Gasteiger partial charge on any atom is -0.392 e. The van der Waals surface area contributed by atoms with Crippen LogP contribution in [-0.4, -0.2) is 81.3 Å². The lowest BCUT2D eigenvalue weighted by atomic mass is 9.45. The van der Waals surface area contributed by atoms with E-state index in [1.807, 2.05) is 18.2 Å². The first-order chi connectivity index (χ1) is 23.0. The molecule has 1 aromatic heterocycles. The van der Waals surface area contributed by atoms with E-state index in [0.717, 1.165) is 68.6 Å². The highest BCUT2D eigenvalue weighted by Gasteiger charge is 2.56. The number of anilines is 1. The van der Waals surface area contributed by atoms with Crippen LogP contribution in [0.1, 0.15) is 64.8 Å². The van der Waals surface area contributed by atoms with Gasteiger partial charge >= 0.3 is 0 Å². The average molecular weight is 658 g/mol. The molecule has 48 heavy (non-hydrogen) atoms. The number of hydrogen-bond donors (Lipinski definition) is 3. The number of aliphatic hydroxyl groups is 1. The molecule has 258 valence electrons. The number of likely N-dealkylation sites (tertiary alicyclic amines) is 1. The molecular weight excluding hydrogens is 605 g/mol. The number of aryl methyl sites for hydroxylation is 1. The van der Waals surface area contributed by atoms with Gasteiger partial charge in [-0.3, -0.25) is 14.3 Å². The predicted molar refractivity (Wildman–Crippen MR) is 190 cm³/mol. The van der Waals surface area contributed by atoms with E-state index in [9.17, 15) is 14.3 Å². The molecule has 3 heterocycles. The molecule has 2 aliphatic heterocycles. The topological polar surface area (TPSA) is 98.0 Å². The van der Waals surface area contributed by atoms with Gasteiger partial charge in [-0.1, -0.05) is 32.9 Å². The second kappa shape index (κ2) is 13.5. The molecule has 9 nitrogen and oxygen atoms in total. The maximum absolute atomic E-state index is 14.1. The van der Waals surface area contributed by atoms with Crippen molar-refractivity contribution in [3.05, 3.63) is 70.0 Å². The molecule has 3 aliphatic carbocycles. The van der Waals surface area contributed by atoms with E-state index in [4.69, 9.17) is 9.98 Å². The summed E-state index contributed by atoms with van der Waals surface area (Å²) in [6, 6.07) is 12.9. The van der Waals surface area contributed by atoms with Crippen molar-refractivity contribution in [1.82, 2.24) is 24.7 Å². The summed E-state index contributed by atoms with van der Waals surface area (Å²) in [4.78, 5) is 29.2. The van der Waals surface area contributed by atoms with E-state index in [0.29, 0.717) is 66.1 Å². The van der Waals surface area contributed by atoms with Gasteiger partial charge in [-0.05, 0) is 105 Å². The lowest BCUT2D eigenvalue weighted by Crippen LogP contribution is -2.57. The molecule has 0 spiro atoms. The molecular formula is C38H52FN7O2. The van der Waals surface area contributed by atoms with Crippen LogP contribution in [0.2, 0.25) is 0 Å². The number of benzene rings is 2. The van der Waals surface area contributed by atoms with E-state index in [1.165, 1.54) is 18.6 Å². The third kappa shape index (κ3) is 6.76. The van der Waals surface area contributed by atoms with Crippen molar-refractivity contribution in [3.8, 4) is 0 Å². The van der Waals surface area contributed by atoms with Crippen LogP contribution in [0.15, 0.2) is 52.3 Å². The molecule has 5 aliphatic rings. The molecule has 2 saturated heterocycles. The van der Waals surface area contributed by atoms with Gasteiger partial charge in [-0.15, -0.1) is 0 Å². The highest BCUT2D eigenvalue weighted by atomic mass is 19.1. The van der Waals surface area contributed by atoms with Crippen LogP contribution >= 0.6 is 0 Å². The van der Waals surface area contributed by atoms with E-state index in [2.05, 4.69) is 48.1 Å². The lowest BCUT2D eigenvalue weighted by molar-refractivity contribution is -0.108. The van der Waals surface area contributed by atoms with Gasteiger partial charge in [0.15, 0.2) is 5.96 Å². The molecule has 3 saturated carbocycles. The van der Waals surface area contributed by atoms with Crippen molar-refractivity contribution in [1.29, 1.82) is 0 Å². The number of halogens is 1. The van der Waals surface area contributed by atoms with Gasteiger partial charge in [0.25, 0.3) is 5.56 Å². The molecule has 8 rings (SSSR count). The van der Waals surface area contributed by atoms with E-state index >= 15 is 0 Å². The first-order valence-electron chi connectivity index (χ1n) is 18.1. The highest BCUT2D eigenvalue weighted by molar-refractivity contribution is 5.96. The number of hydrogen-bond acceptors (Lipinski definition) is 6. The van der Waals surface area contributed by atoms with Crippen molar-refractivity contribution in [2.24, 2.45) is 28.2 Å². The van der Waals surface area contributed by atoms with Crippen molar-refractivity contribution < 1.29 is 9.50 Å². The number of nitrogens with zero attached hydrogens (tertiary/aromatic N) is 5. The molecule has 0 amide bonds. The van der Waals surface area contributed by atoms with Gasteiger partial charge in [0, 0.05) is 44.5 Å². The Kier molecular flexibility index (Phi) is 9.34. The zero-order valence-corrected chi connectivity index (χ0v) is 29.0. The number of fused-ring (bicyclic) bond motifs is 3. The van der Waals surface area contributed by atoms with E-state index < -0.39 is 0 Å². The van der Waals surface area contributed by atoms with Crippen LogP contribution in [0.4, 0.5) is 10.1 Å². The van der Waals surface area contributed by atoms with Crippen molar-refractivity contribution >= 4 is 22.5 Å². The number of piperazine rings is 1. The molecule has 6 atom stereocenters. The third-order valence-corrected chi connectivity index (χ3v) is 11.9. The van der Waals surface area contributed by atoms with E-state index in [1.54, 1.807) is 16.7 Å². The van der Waals surface area contributed by atoms with Gasteiger partial charge in [0.05, 0.1) is 29.6 Å². The van der Waals surface area contributed by atoms with Crippen LogP contribution in [0.3, 0.4) is 0 Å². The zero-order chi connectivity index (χ0) is 33.6. The van der Waals surface area contributed by atoms with Crippen LogP contribution in [0.25, 0.3) is 10.9 Å². The fraction of sp³-hybridized carbons (Fsp3) is 0.605. The number of aromatic nitrogens is 2. The van der Waals surface area contributed by atoms with Crippen molar-refractivity contribution in [3.63, 3.8) is 0 Å². The Morgan fingerprint density at radius 2 is 1.94 bits per heavy atom. The second-order valence-electron chi connectivity index (χ2n) is 15.5. The maximum Gasteiger partial charge on any atom is 0.261 e. The number of aliphatic imine (C=N–C) groups is 1. The Labute approximate surface area is 283 Å². The fourth-order valence-electron chi connectivity index (χ4n) is 8.86. The summed E-state index contributed by atoms with van der Waals surface area (Å²) in [6.45, 7) is 14.5. The maximum atomic E-state index is 14.1.